The number of nitrogens with zero attached hydrogens (tertiary/aromatic N) is 5. The van der Waals surface area contributed by atoms with Gasteiger partial charge in [0.05, 0.1) is 0 Å². The van der Waals surface area contributed by atoms with Crippen LogP contribution in [0.15, 0.2) is 73.1 Å². The van der Waals surface area contributed by atoms with E-state index in [4.69, 9.17) is 0 Å². The van der Waals surface area contributed by atoms with E-state index in [1.807, 2.05) is 12.1 Å². The van der Waals surface area contributed by atoms with Gasteiger partial charge in [-0.15, -0.1) is 0 Å². The molecule has 0 N–H and O–H groups in total. The van der Waals surface area contributed by atoms with Gasteiger partial charge in [-0.1, -0.05) is 48.5 Å². The molecule has 1 aliphatic rings. The van der Waals surface area contributed by atoms with Crippen LogP contribution >= 0.6 is 0 Å². The summed E-state index contributed by atoms with van der Waals surface area (Å²) < 4.78 is 0. The Balaban J connectivity index is 1.64. The van der Waals surface area contributed by atoms with E-state index in [0.29, 0.717) is 0 Å². The maximum atomic E-state index is 4.60. The van der Waals surface area contributed by atoms with Gasteiger partial charge in [-0.2, -0.15) is 0 Å². The topological polar surface area (TPSA) is 35.5 Å². The summed E-state index contributed by atoms with van der Waals surface area (Å²) in [5.74, 6) is 1.93. The minimum Gasteiger partial charge on any atom is -0.354 e. The Hall–Kier alpha value is -2.92. The van der Waals surface area contributed by atoms with Gasteiger partial charge in [0.25, 0.3) is 0 Å². The van der Waals surface area contributed by atoms with Crippen molar-refractivity contribution >= 4 is 17.3 Å². The van der Waals surface area contributed by atoms with Crippen molar-refractivity contribution in [3.8, 4) is 0 Å². The standard InChI is InChI=1S/C22H25N5/c1-25-12-14-26(15-13-25)21-16-22(24-18-23-21)27(20-10-6-3-7-11-20)17-19-8-4-2-5-9-19/h2-11,16,18H,12-15,17H2,1H3. The average molecular weight is 359 g/mol. The van der Waals surface area contributed by atoms with Crippen LogP contribution in [0.2, 0.25) is 0 Å². The minimum absolute atomic E-state index is 0.768. The summed E-state index contributed by atoms with van der Waals surface area (Å²) in [5, 5.41) is 0. The van der Waals surface area contributed by atoms with E-state index in [0.717, 1.165) is 50.0 Å². The number of benzene rings is 2. The Morgan fingerprint density at radius 1 is 0.852 bits per heavy atom. The Kier molecular flexibility index (Phi) is 5.30. The van der Waals surface area contributed by atoms with E-state index < -0.39 is 0 Å². The van der Waals surface area contributed by atoms with Gasteiger partial charge in [0, 0.05) is 44.5 Å². The summed E-state index contributed by atoms with van der Waals surface area (Å²) >= 11 is 0. The Morgan fingerprint density at radius 3 is 2.22 bits per heavy atom. The van der Waals surface area contributed by atoms with Crippen LogP contribution in [-0.2, 0) is 6.54 Å². The molecule has 0 radical (unpaired) electrons. The highest BCUT2D eigenvalue weighted by atomic mass is 15.3. The van der Waals surface area contributed by atoms with Crippen molar-refractivity contribution in [1.82, 2.24) is 14.9 Å². The molecular weight excluding hydrogens is 334 g/mol. The number of likely N-dealkylation sites (N-methyl/N-ethyl adjacent to an activating group) is 1. The molecule has 0 aliphatic carbocycles. The predicted octanol–water partition coefficient (Wildman–Crippen LogP) is 3.57. The first-order valence-electron chi connectivity index (χ1n) is 9.42. The van der Waals surface area contributed by atoms with Crippen LogP contribution in [0.25, 0.3) is 0 Å². The number of aromatic nitrogens is 2. The smallest absolute Gasteiger partial charge is 0.138 e. The van der Waals surface area contributed by atoms with E-state index >= 15 is 0 Å². The van der Waals surface area contributed by atoms with Crippen molar-refractivity contribution in [1.29, 1.82) is 0 Å². The van der Waals surface area contributed by atoms with Gasteiger partial charge < -0.3 is 14.7 Å². The third-order valence-electron chi connectivity index (χ3n) is 4.99. The molecular formula is C22H25N5. The quantitative estimate of drug-likeness (QED) is 0.696. The van der Waals surface area contributed by atoms with Gasteiger partial charge in [-0.05, 0) is 24.7 Å². The van der Waals surface area contributed by atoms with Crippen LogP contribution in [0.5, 0.6) is 0 Å². The van der Waals surface area contributed by atoms with E-state index in [2.05, 4.69) is 86.3 Å². The number of hydrogen-bond acceptors (Lipinski definition) is 5. The predicted molar refractivity (Wildman–Crippen MR) is 110 cm³/mol. The van der Waals surface area contributed by atoms with Crippen LogP contribution < -0.4 is 9.80 Å². The lowest BCUT2D eigenvalue weighted by molar-refractivity contribution is 0.312. The molecule has 138 valence electrons. The van der Waals surface area contributed by atoms with Crippen molar-refractivity contribution in [3.05, 3.63) is 78.6 Å². The molecule has 1 aromatic heterocycles. The molecule has 27 heavy (non-hydrogen) atoms. The van der Waals surface area contributed by atoms with E-state index in [-0.39, 0.29) is 0 Å². The Labute approximate surface area is 160 Å². The van der Waals surface area contributed by atoms with Gasteiger partial charge in [0.1, 0.15) is 18.0 Å². The zero-order chi connectivity index (χ0) is 18.5. The third-order valence-corrected chi connectivity index (χ3v) is 4.99. The fourth-order valence-corrected chi connectivity index (χ4v) is 3.37. The van der Waals surface area contributed by atoms with Crippen molar-refractivity contribution in [3.63, 3.8) is 0 Å². The second-order valence-electron chi connectivity index (χ2n) is 6.93. The molecule has 5 nitrogen and oxygen atoms in total. The number of para-hydroxylation sites is 1. The molecule has 0 amide bonds. The van der Waals surface area contributed by atoms with Crippen molar-refractivity contribution in [2.24, 2.45) is 0 Å². The van der Waals surface area contributed by atoms with Crippen LogP contribution in [0, 0.1) is 0 Å². The molecule has 2 aromatic carbocycles. The molecule has 0 unspecified atom stereocenters. The van der Waals surface area contributed by atoms with Crippen LogP contribution in [0.3, 0.4) is 0 Å². The molecule has 1 saturated heterocycles. The van der Waals surface area contributed by atoms with Gasteiger partial charge in [-0.25, -0.2) is 9.97 Å². The van der Waals surface area contributed by atoms with Crippen molar-refractivity contribution in [2.75, 3.05) is 43.0 Å². The largest absolute Gasteiger partial charge is 0.354 e. The van der Waals surface area contributed by atoms with Gasteiger partial charge in [0.2, 0.25) is 0 Å². The van der Waals surface area contributed by atoms with Crippen LogP contribution in [0.1, 0.15) is 5.56 Å². The summed E-state index contributed by atoms with van der Waals surface area (Å²) in [6.45, 7) is 4.88. The Bertz CT molecular complexity index is 845. The number of rotatable bonds is 5. The lowest BCUT2D eigenvalue weighted by atomic mass is 10.2. The molecule has 5 heteroatoms. The normalized spacial score (nSPS) is 14.9. The minimum atomic E-state index is 0.768. The fourth-order valence-electron chi connectivity index (χ4n) is 3.37. The highest BCUT2D eigenvalue weighted by molar-refractivity contribution is 5.62. The summed E-state index contributed by atoms with van der Waals surface area (Å²) in [5.41, 5.74) is 2.38. The second kappa shape index (κ2) is 8.18. The first-order chi connectivity index (χ1) is 13.3. The van der Waals surface area contributed by atoms with Crippen molar-refractivity contribution < 1.29 is 0 Å². The summed E-state index contributed by atoms with van der Waals surface area (Å²) in [6, 6.07) is 23.0. The molecule has 0 saturated carbocycles. The van der Waals surface area contributed by atoms with Gasteiger partial charge >= 0.3 is 0 Å². The van der Waals surface area contributed by atoms with Gasteiger partial charge in [0.15, 0.2) is 0 Å². The van der Waals surface area contributed by atoms with Gasteiger partial charge in [-0.3, -0.25) is 0 Å². The number of anilines is 3. The Morgan fingerprint density at radius 2 is 1.52 bits per heavy atom. The highest BCUT2D eigenvalue weighted by Gasteiger charge is 2.18. The number of piperazine rings is 1. The first-order valence-corrected chi connectivity index (χ1v) is 9.42. The summed E-state index contributed by atoms with van der Waals surface area (Å²) in [4.78, 5) is 16.1. The maximum Gasteiger partial charge on any atom is 0.138 e. The van der Waals surface area contributed by atoms with Crippen LogP contribution in [-0.4, -0.2) is 48.1 Å². The fraction of sp³-hybridized carbons (Fsp3) is 0.273. The zero-order valence-electron chi connectivity index (χ0n) is 15.7. The third kappa shape index (κ3) is 4.26. The number of hydrogen-bond donors (Lipinski definition) is 0. The molecule has 0 spiro atoms. The molecule has 1 aliphatic heterocycles. The molecule has 1 fully saturated rings. The van der Waals surface area contributed by atoms with E-state index in [1.165, 1.54) is 5.56 Å². The molecule has 0 atom stereocenters. The summed E-state index contributed by atoms with van der Waals surface area (Å²) in [6.07, 6.45) is 1.68. The van der Waals surface area contributed by atoms with Crippen molar-refractivity contribution in [2.45, 2.75) is 6.54 Å². The zero-order valence-corrected chi connectivity index (χ0v) is 15.7. The lowest BCUT2D eigenvalue weighted by Gasteiger charge is -2.33. The molecule has 2 heterocycles. The highest BCUT2D eigenvalue weighted by Crippen LogP contribution is 2.28. The molecule has 4 rings (SSSR count). The SMILES string of the molecule is CN1CCN(c2cc(N(Cc3ccccc3)c3ccccc3)ncn2)CC1. The van der Waals surface area contributed by atoms with E-state index in [1.54, 1.807) is 6.33 Å². The van der Waals surface area contributed by atoms with E-state index in [9.17, 15) is 0 Å². The lowest BCUT2D eigenvalue weighted by Crippen LogP contribution is -2.44. The second-order valence-corrected chi connectivity index (χ2v) is 6.93. The molecule has 3 aromatic rings. The summed E-state index contributed by atoms with van der Waals surface area (Å²) in [7, 11) is 2.17. The maximum absolute atomic E-state index is 4.60. The molecule has 0 bridgehead atoms. The monoisotopic (exact) mass is 359 g/mol. The average Bonchev–Trinajstić information content (AvgIpc) is 2.74. The first kappa shape index (κ1) is 17.5. The van der Waals surface area contributed by atoms with Crippen LogP contribution in [0.4, 0.5) is 17.3 Å².